The summed E-state index contributed by atoms with van der Waals surface area (Å²) in [6, 6.07) is 4.53. The summed E-state index contributed by atoms with van der Waals surface area (Å²) in [5.41, 5.74) is 10.2. The number of nitrogens with two attached hydrogens (primary N) is 1. The number of rotatable bonds is 8. The number of aryl methyl sites for hydroxylation is 2. The van der Waals surface area contributed by atoms with E-state index in [1.165, 1.54) is 11.1 Å². The van der Waals surface area contributed by atoms with Crippen molar-refractivity contribution in [3.8, 4) is 5.75 Å². The lowest BCUT2D eigenvalue weighted by Crippen LogP contribution is -2.26. The molecular formula is C20H31N3O. The van der Waals surface area contributed by atoms with Gasteiger partial charge in [0.05, 0.1) is 18.3 Å². The Morgan fingerprint density at radius 2 is 1.96 bits per heavy atom. The van der Waals surface area contributed by atoms with Gasteiger partial charge in [0, 0.05) is 23.7 Å². The summed E-state index contributed by atoms with van der Waals surface area (Å²) < 4.78 is 5.51. The Labute approximate surface area is 145 Å². The molecule has 0 aliphatic carbocycles. The third-order valence-electron chi connectivity index (χ3n) is 4.82. The first-order valence-electron chi connectivity index (χ1n) is 8.88. The summed E-state index contributed by atoms with van der Waals surface area (Å²) in [4.78, 5) is 4.69. The highest BCUT2D eigenvalue weighted by molar-refractivity contribution is 5.94. The zero-order valence-corrected chi connectivity index (χ0v) is 15.6. The molecule has 0 saturated carbocycles. The molecule has 1 heterocycles. The van der Waals surface area contributed by atoms with E-state index in [0.29, 0.717) is 12.0 Å². The minimum Gasteiger partial charge on any atom is -0.497 e. The van der Waals surface area contributed by atoms with Crippen molar-refractivity contribution in [2.45, 2.75) is 53.0 Å². The van der Waals surface area contributed by atoms with Gasteiger partial charge in [-0.05, 0) is 56.3 Å². The molecule has 1 atom stereocenters. The molecule has 0 spiro atoms. The molecule has 0 radical (unpaired) electrons. The summed E-state index contributed by atoms with van der Waals surface area (Å²) in [5.74, 6) is 1.40. The van der Waals surface area contributed by atoms with Gasteiger partial charge >= 0.3 is 0 Å². The molecule has 1 unspecified atom stereocenters. The second-order valence-corrected chi connectivity index (χ2v) is 6.92. The third-order valence-corrected chi connectivity index (χ3v) is 4.82. The monoisotopic (exact) mass is 329 g/mol. The summed E-state index contributed by atoms with van der Waals surface area (Å²) in [6.45, 7) is 9.51. The van der Waals surface area contributed by atoms with Crippen molar-refractivity contribution in [3.05, 3.63) is 29.5 Å². The second kappa shape index (κ2) is 8.34. The molecular weight excluding hydrogens is 298 g/mol. The van der Waals surface area contributed by atoms with Crippen molar-refractivity contribution in [2.75, 3.05) is 19.0 Å². The number of anilines is 1. The average molecular weight is 329 g/mol. The Morgan fingerprint density at radius 3 is 2.58 bits per heavy atom. The summed E-state index contributed by atoms with van der Waals surface area (Å²) in [6.07, 6.45) is 5.27. The molecule has 0 bridgehead atoms. The topological polar surface area (TPSA) is 60.2 Å². The van der Waals surface area contributed by atoms with Crippen molar-refractivity contribution in [1.82, 2.24) is 4.98 Å². The molecule has 4 heteroatoms. The van der Waals surface area contributed by atoms with E-state index in [1.807, 2.05) is 6.20 Å². The maximum atomic E-state index is 5.64. The van der Waals surface area contributed by atoms with E-state index in [1.54, 1.807) is 7.11 Å². The maximum absolute atomic E-state index is 5.64. The molecule has 0 saturated heterocycles. The molecule has 1 aromatic heterocycles. The van der Waals surface area contributed by atoms with E-state index in [0.717, 1.165) is 48.1 Å². The molecule has 0 aliphatic rings. The van der Waals surface area contributed by atoms with Crippen molar-refractivity contribution >= 4 is 16.6 Å². The zero-order chi connectivity index (χ0) is 17.7. The Morgan fingerprint density at radius 1 is 1.21 bits per heavy atom. The minimum absolute atomic E-state index is 0.398. The third kappa shape index (κ3) is 4.18. The number of methoxy groups -OCH3 is 1. The van der Waals surface area contributed by atoms with E-state index in [9.17, 15) is 0 Å². The number of nitrogens with one attached hydrogen (secondary N) is 1. The van der Waals surface area contributed by atoms with E-state index >= 15 is 0 Å². The van der Waals surface area contributed by atoms with Gasteiger partial charge < -0.3 is 15.8 Å². The van der Waals surface area contributed by atoms with Gasteiger partial charge in [0.15, 0.2) is 0 Å². The number of hydrogen-bond donors (Lipinski definition) is 2. The standard InChI is InChI=1S/C20H31N3O/c1-13(2)18(8-6-7-9-21)23-19-11-16(24-5)10-17-15(4)14(3)12-22-20(17)19/h10-13,18,23H,6-9,21H2,1-5H3. The van der Waals surface area contributed by atoms with Crippen LogP contribution in [0.2, 0.25) is 0 Å². The fourth-order valence-electron chi connectivity index (χ4n) is 3.01. The number of pyridine rings is 1. The molecule has 0 aliphatic heterocycles. The van der Waals surface area contributed by atoms with E-state index in [4.69, 9.17) is 10.5 Å². The molecule has 0 fully saturated rings. The number of nitrogens with zero attached hydrogens (tertiary/aromatic N) is 1. The zero-order valence-electron chi connectivity index (χ0n) is 15.6. The number of fused-ring (bicyclic) bond motifs is 1. The first kappa shape index (κ1) is 18.5. The van der Waals surface area contributed by atoms with Crippen LogP contribution in [-0.4, -0.2) is 24.7 Å². The smallest absolute Gasteiger partial charge is 0.121 e. The maximum Gasteiger partial charge on any atom is 0.121 e. The first-order chi connectivity index (χ1) is 11.5. The summed E-state index contributed by atoms with van der Waals surface area (Å²) >= 11 is 0. The van der Waals surface area contributed by atoms with Crippen molar-refractivity contribution in [2.24, 2.45) is 11.7 Å². The Hall–Kier alpha value is -1.81. The van der Waals surface area contributed by atoms with Crippen LogP contribution in [0, 0.1) is 19.8 Å². The van der Waals surface area contributed by atoms with Crippen LogP contribution in [0.15, 0.2) is 18.3 Å². The van der Waals surface area contributed by atoms with Crippen molar-refractivity contribution in [1.29, 1.82) is 0 Å². The highest BCUT2D eigenvalue weighted by Crippen LogP contribution is 2.32. The fraction of sp³-hybridized carbons (Fsp3) is 0.550. The van der Waals surface area contributed by atoms with Gasteiger partial charge in [0.25, 0.3) is 0 Å². The van der Waals surface area contributed by atoms with Gasteiger partial charge in [-0.2, -0.15) is 0 Å². The van der Waals surface area contributed by atoms with Crippen LogP contribution < -0.4 is 15.8 Å². The van der Waals surface area contributed by atoms with Gasteiger partial charge in [-0.25, -0.2) is 0 Å². The molecule has 0 amide bonds. The molecule has 3 N–H and O–H groups in total. The predicted octanol–water partition coefficient (Wildman–Crippen LogP) is 4.43. The molecule has 2 rings (SSSR count). The molecule has 132 valence electrons. The predicted molar refractivity (Wildman–Crippen MR) is 103 cm³/mol. The SMILES string of the molecule is COc1cc(NC(CCCCN)C(C)C)c2ncc(C)c(C)c2c1. The van der Waals surface area contributed by atoms with Gasteiger partial charge in [-0.15, -0.1) is 0 Å². The Kier molecular flexibility index (Phi) is 6.44. The number of ether oxygens (including phenoxy) is 1. The molecule has 2 aromatic rings. The van der Waals surface area contributed by atoms with E-state index in [2.05, 4.69) is 50.1 Å². The number of unbranched alkanes of at least 4 members (excludes halogenated alkanes) is 1. The normalized spacial score (nSPS) is 12.6. The highest BCUT2D eigenvalue weighted by Gasteiger charge is 2.16. The van der Waals surface area contributed by atoms with Gasteiger partial charge in [-0.3, -0.25) is 4.98 Å². The summed E-state index contributed by atoms with van der Waals surface area (Å²) in [5, 5.41) is 4.87. The number of benzene rings is 1. The minimum atomic E-state index is 0.398. The van der Waals surface area contributed by atoms with E-state index in [-0.39, 0.29) is 0 Å². The van der Waals surface area contributed by atoms with Crippen molar-refractivity contribution in [3.63, 3.8) is 0 Å². The molecule has 1 aromatic carbocycles. The van der Waals surface area contributed by atoms with Crippen LogP contribution in [0.3, 0.4) is 0 Å². The Balaban J connectivity index is 2.40. The first-order valence-corrected chi connectivity index (χ1v) is 8.88. The fourth-order valence-corrected chi connectivity index (χ4v) is 3.01. The van der Waals surface area contributed by atoms with Gasteiger partial charge in [0.1, 0.15) is 5.75 Å². The molecule has 4 nitrogen and oxygen atoms in total. The Bertz CT molecular complexity index is 682. The van der Waals surface area contributed by atoms with Crippen LogP contribution in [0.5, 0.6) is 5.75 Å². The lowest BCUT2D eigenvalue weighted by molar-refractivity contribution is 0.415. The number of aromatic nitrogens is 1. The second-order valence-electron chi connectivity index (χ2n) is 6.92. The molecule has 24 heavy (non-hydrogen) atoms. The largest absolute Gasteiger partial charge is 0.497 e. The highest BCUT2D eigenvalue weighted by atomic mass is 16.5. The van der Waals surface area contributed by atoms with Crippen molar-refractivity contribution < 1.29 is 4.74 Å². The lowest BCUT2D eigenvalue weighted by Gasteiger charge is -2.25. The van der Waals surface area contributed by atoms with Crippen LogP contribution in [-0.2, 0) is 0 Å². The number of hydrogen-bond acceptors (Lipinski definition) is 4. The lowest BCUT2D eigenvalue weighted by atomic mass is 9.97. The quantitative estimate of drug-likeness (QED) is 0.704. The van der Waals surface area contributed by atoms with E-state index < -0.39 is 0 Å². The average Bonchev–Trinajstić information content (AvgIpc) is 2.57. The van der Waals surface area contributed by atoms with Crippen LogP contribution >= 0.6 is 0 Å². The summed E-state index contributed by atoms with van der Waals surface area (Å²) in [7, 11) is 1.71. The van der Waals surface area contributed by atoms with Gasteiger partial charge in [0.2, 0.25) is 0 Å². The van der Waals surface area contributed by atoms with Crippen LogP contribution in [0.4, 0.5) is 5.69 Å². The van der Waals surface area contributed by atoms with Crippen LogP contribution in [0.25, 0.3) is 10.9 Å². The van der Waals surface area contributed by atoms with Gasteiger partial charge in [-0.1, -0.05) is 20.3 Å². The van der Waals surface area contributed by atoms with Crippen LogP contribution in [0.1, 0.15) is 44.2 Å².